The molecular weight excluding hydrogens is 202 g/mol. The molecule has 1 aromatic carbocycles. The van der Waals surface area contributed by atoms with E-state index in [4.69, 9.17) is 4.74 Å². The van der Waals surface area contributed by atoms with E-state index in [9.17, 15) is 5.11 Å². The Morgan fingerprint density at radius 1 is 1.12 bits per heavy atom. The molecule has 0 bridgehead atoms. The fourth-order valence-electron chi connectivity index (χ4n) is 1.31. The molecule has 3 nitrogen and oxygen atoms in total. The van der Waals surface area contributed by atoms with Gasteiger partial charge in [0, 0.05) is 12.3 Å². The lowest BCUT2D eigenvalue weighted by Gasteiger charge is -2.06. The molecule has 1 heterocycles. The zero-order valence-corrected chi connectivity index (χ0v) is 9.00. The van der Waals surface area contributed by atoms with Crippen molar-refractivity contribution in [1.29, 1.82) is 0 Å². The Kier molecular flexibility index (Phi) is 3.17. The van der Waals surface area contributed by atoms with Crippen molar-refractivity contribution in [2.24, 2.45) is 0 Å². The number of para-hydroxylation sites is 1. The Bertz CT molecular complexity index is 437. The summed E-state index contributed by atoms with van der Waals surface area (Å²) in [4.78, 5) is 4.11. The highest BCUT2D eigenvalue weighted by molar-refractivity contribution is 5.27. The van der Waals surface area contributed by atoms with Crippen molar-refractivity contribution in [1.82, 2.24) is 4.98 Å². The fraction of sp³-hybridized carbons (Fsp3) is 0.154. The van der Waals surface area contributed by atoms with E-state index in [2.05, 4.69) is 4.98 Å². The van der Waals surface area contributed by atoms with Gasteiger partial charge in [-0.3, -0.25) is 0 Å². The Morgan fingerprint density at radius 3 is 2.44 bits per heavy atom. The van der Waals surface area contributed by atoms with Gasteiger partial charge in [-0.25, -0.2) is 4.98 Å². The van der Waals surface area contributed by atoms with E-state index >= 15 is 0 Å². The molecule has 1 N–H and O–H groups in total. The molecule has 0 saturated carbocycles. The van der Waals surface area contributed by atoms with Gasteiger partial charge in [-0.05, 0) is 30.7 Å². The first-order chi connectivity index (χ1) is 7.75. The SMILES string of the molecule is C[C@H](O)c1ccc(Oc2ccccc2)nc1. The first-order valence-electron chi connectivity index (χ1n) is 5.12. The summed E-state index contributed by atoms with van der Waals surface area (Å²) in [5, 5.41) is 9.32. The van der Waals surface area contributed by atoms with Crippen molar-refractivity contribution < 1.29 is 9.84 Å². The Morgan fingerprint density at radius 2 is 1.88 bits per heavy atom. The van der Waals surface area contributed by atoms with Crippen LogP contribution in [-0.4, -0.2) is 10.1 Å². The smallest absolute Gasteiger partial charge is 0.219 e. The molecule has 0 radical (unpaired) electrons. The summed E-state index contributed by atoms with van der Waals surface area (Å²) in [7, 11) is 0. The average molecular weight is 215 g/mol. The summed E-state index contributed by atoms with van der Waals surface area (Å²) in [6, 6.07) is 13.0. The van der Waals surface area contributed by atoms with Crippen molar-refractivity contribution in [2.45, 2.75) is 13.0 Å². The number of benzene rings is 1. The molecule has 0 unspecified atom stereocenters. The number of nitrogens with zero attached hydrogens (tertiary/aromatic N) is 1. The molecule has 0 fully saturated rings. The minimum Gasteiger partial charge on any atom is -0.439 e. The quantitative estimate of drug-likeness (QED) is 0.855. The van der Waals surface area contributed by atoms with Gasteiger partial charge >= 0.3 is 0 Å². The molecule has 0 saturated heterocycles. The maximum atomic E-state index is 9.32. The zero-order chi connectivity index (χ0) is 11.4. The van der Waals surface area contributed by atoms with E-state index in [1.165, 1.54) is 0 Å². The summed E-state index contributed by atoms with van der Waals surface area (Å²) < 4.78 is 5.52. The molecule has 1 atom stereocenters. The highest BCUT2D eigenvalue weighted by Gasteiger charge is 2.02. The van der Waals surface area contributed by atoms with Crippen molar-refractivity contribution >= 4 is 0 Å². The van der Waals surface area contributed by atoms with Gasteiger partial charge in [0.15, 0.2) is 0 Å². The summed E-state index contributed by atoms with van der Waals surface area (Å²) in [5.41, 5.74) is 0.778. The molecule has 2 rings (SSSR count). The van der Waals surface area contributed by atoms with Crippen LogP contribution >= 0.6 is 0 Å². The molecule has 0 amide bonds. The molecule has 82 valence electrons. The zero-order valence-electron chi connectivity index (χ0n) is 9.00. The fourth-order valence-corrected chi connectivity index (χ4v) is 1.31. The van der Waals surface area contributed by atoms with Crippen LogP contribution in [-0.2, 0) is 0 Å². The minimum atomic E-state index is -0.502. The Hall–Kier alpha value is -1.87. The van der Waals surface area contributed by atoms with Crippen molar-refractivity contribution in [3.05, 3.63) is 54.2 Å². The topological polar surface area (TPSA) is 42.4 Å². The van der Waals surface area contributed by atoms with Gasteiger partial charge in [0.2, 0.25) is 5.88 Å². The van der Waals surface area contributed by atoms with Crippen LogP contribution < -0.4 is 4.74 Å². The lowest BCUT2D eigenvalue weighted by Crippen LogP contribution is -1.93. The normalized spacial score (nSPS) is 12.1. The summed E-state index contributed by atoms with van der Waals surface area (Å²) in [6.07, 6.45) is 1.11. The molecule has 3 heteroatoms. The van der Waals surface area contributed by atoms with Gasteiger partial charge in [-0.1, -0.05) is 18.2 Å². The number of hydrogen-bond donors (Lipinski definition) is 1. The third kappa shape index (κ3) is 2.58. The number of aliphatic hydroxyl groups is 1. The number of rotatable bonds is 3. The third-order valence-corrected chi connectivity index (χ3v) is 2.21. The van der Waals surface area contributed by atoms with Crippen LogP contribution in [0.3, 0.4) is 0 Å². The van der Waals surface area contributed by atoms with Crippen LogP contribution in [0.2, 0.25) is 0 Å². The highest BCUT2D eigenvalue weighted by Crippen LogP contribution is 2.20. The number of aromatic nitrogens is 1. The van der Waals surface area contributed by atoms with E-state index in [0.29, 0.717) is 5.88 Å². The number of ether oxygens (including phenoxy) is 1. The van der Waals surface area contributed by atoms with Gasteiger partial charge in [0.05, 0.1) is 6.10 Å². The van der Waals surface area contributed by atoms with Crippen LogP contribution in [0.4, 0.5) is 0 Å². The number of pyridine rings is 1. The second-order valence-corrected chi connectivity index (χ2v) is 3.52. The highest BCUT2D eigenvalue weighted by atomic mass is 16.5. The second kappa shape index (κ2) is 4.77. The molecule has 0 aliphatic carbocycles. The molecule has 0 aliphatic rings. The van der Waals surface area contributed by atoms with Gasteiger partial charge in [-0.2, -0.15) is 0 Å². The largest absolute Gasteiger partial charge is 0.439 e. The number of hydrogen-bond acceptors (Lipinski definition) is 3. The molecule has 2 aromatic rings. The Balaban J connectivity index is 2.11. The van der Waals surface area contributed by atoms with E-state index in [1.54, 1.807) is 25.3 Å². The van der Waals surface area contributed by atoms with Crippen LogP contribution in [0.25, 0.3) is 0 Å². The predicted molar refractivity (Wildman–Crippen MR) is 61.4 cm³/mol. The molecular formula is C13H13NO2. The molecule has 1 aromatic heterocycles. The monoisotopic (exact) mass is 215 g/mol. The standard InChI is InChI=1S/C13H13NO2/c1-10(15)11-7-8-13(14-9-11)16-12-5-3-2-4-6-12/h2-10,15H,1H3/t10-/m0/s1. The van der Waals surface area contributed by atoms with Gasteiger partial charge in [0.25, 0.3) is 0 Å². The van der Waals surface area contributed by atoms with Crippen molar-refractivity contribution in [2.75, 3.05) is 0 Å². The first-order valence-corrected chi connectivity index (χ1v) is 5.12. The van der Waals surface area contributed by atoms with E-state index in [-0.39, 0.29) is 0 Å². The molecule has 16 heavy (non-hydrogen) atoms. The minimum absolute atomic E-state index is 0.502. The van der Waals surface area contributed by atoms with Gasteiger partial charge in [-0.15, -0.1) is 0 Å². The lowest BCUT2D eigenvalue weighted by molar-refractivity contribution is 0.198. The van der Waals surface area contributed by atoms with E-state index in [0.717, 1.165) is 11.3 Å². The van der Waals surface area contributed by atoms with Crippen molar-refractivity contribution in [3.63, 3.8) is 0 Å². The van der Waals surface area contributed by atoms with Gasteiger partial charge < -0.3 is 9.84 Å². The second-order valence-electron chi connectivity index (χ2n) is 3.52. The summed E-state index contributed by atoms with van der Waals surface area (Å²) in [5.74, 6) is 1.27. The van der Waals surface area contributed by atoms with E-state index < -0.39 is 6.10 Å². The summed E-state index contributed by atoms with van der Waals surface area (Å²) >= 11 is 0. The average Bonchev–Trinajstić information content (AvgIpc) is 2.31. The van der Waals surface area contributed by atoms with Crippen LogP contribution in [0, 0.1) is 0 Å². The third-order valence-electron chi connectivity index (χ3n) is 2.21. The maximum Gasteiger partial charge on any atom is 0.219 e. The summed E-state index contributed by atoms with van der Waals surface area (Å²) in [6.45, 7) is 1.70. The predicted octanol–water partition coefficient (Wildman–Crippen LogP) is 2.93. The van der Waals surface area contributed by atoms with Gasteiger partial charge in [0.1, 0.15) is 5.75 Å². The van der Waals surface area contributed by atoms with E-state index in [1.807, 2.05) is 30.3 Å². The Labute approximate surface area is 94.3 Å². The van der Waals surface area contributed by atoms with Crippen LogP contribution in [0.15, 0.2) is 48.7 Å². The molecule has 0 aliphatic heterocycles. The van der Waals surface area contributed by atoms with Crippen LogP contribution in [0.5, 0.6) is 11.6 Å². The first kappa shape index (κ1) is 10.6. The number of aliphatic hydroxyl groups excluding tert-OH is 1. The van der Waals surface area contributed by atoms with Crippen LogP contribution in [0.1, 0.15) is 18.6 Å². The maximum absolute atomic E-state index is 9.32. The van der Waals surface area contributed by atoms with Crippen molar-refractivity contribution in [3.8, 4) is 11.6 Å². The lowest BCUT2D eigenvalue weighted by atomic mass is 10.2. The molecule has 0 spiro atoms.